The SMILES string of the molecule is CC(C)c1ccc(F)c(CC2(O)CC2)c1F. The van der Waals surface area contributed by atoms with Crippen LogP contribution in [0.3, 0.4) is 0 Å². The fraction of sp³-hybridized carbons (Fsp3) is 0.538. The maximum absolute atomic E-state index is 14.0. The zero-order chi connectivity index (χ0) is 11.9. The van der Waals surface area contributed by atoms with Crippen LogP contribution in [0.5, 0.6) is 0 Å². The summed E-state index contributed by atoms with van der Waals surface area (Å²) in [6, 6.07) is 2.77. The van der Waals surface area contributed by atoms with E-state index in [0.717, 1.165) is 0 Å². The Hall–Kier alpha value is -0.960. The van der Waals surface area contributed by atoms with Crippen LogP contribution in [0.4, 0.5) is 8.78 Å². The van der Waals surface area contributed by atoms with Crippen molar-refractivity contribution in [1.29, 1.82) is 0 Å². The van der Waals surface area contributed by atoms with Crippen LogP contribution in [-0.2, 0) is 6.42 Å². The van der Waals surface area contributed by atoms with Gasteiger partial charge in [0.2, 0.25) is 0 Å². The molecule has 0 aliphatic heterocycles. The number of rotatable bonds is 3. The van der Waals surface area contributed by atoms with E-state index in [4.69, 9.17) is 0 Å². The van der Waals surface area contributed by atoms with Gasteiger partial charge in [0.1, 0.15) is 11.6 Å². The highest BCUT2D eigenvalue weighted by atomic mass is 19.1. The molecule has 0 aromatic heterocycles. The second kappa shape index (κ2) is 3.81. The van der Waals surface area contributed by atoms with E-state index < -0.39 is 17.2 Å². The van der Waals surface area contributed by atoms with Crippen molar-refractivity contribution in [3.05, 3.63) is 34.9 Å². The largest absolute Gasteiger partial charge is 0.390 e. The van der Waals surface area contributed by atoms with Gasteiger partial charge in [-0.05, 0) is 30.4 Å². The molecule has 1 N–H and O–H groups in total. The molecule has 1 fully saturated rings. The van der Waals surface area contributed by atoms with Crippen LogP contribution < -0.4 is 0 Å². The molecule has 16 heavy (non-hydrogen) atoms. The van der Waals surface area contributed by atoms with Crippen LogP contribution >= 0.6 is 0 Å². The molecule has 0 heterocycles. The third kappa shape index (κ3) is 2.09. The van der Waals surface area contributed by atoms with Gasteiger partial charge in [-0.25, -0.2) is 8.78 Å². The minimum atomic E-state index is -0.864. The molecule has 0 bridgehead atoms. The first-order valence-electron chi connectivity index (χ1n) is 5.62. The Kier molecular flexibility index (Phi) is 2.74. The molecule has 0 spiro atoms. The lowest BCUT2D eigenvalue weighted by molar-refractivity contribution is 0.148. The lowest BCUT2D eigenvalue weighted by atomic mass is 9.96. The summed E-state index contributed by atoms with van der Waals surface area (Å²) >= 11 is 0. The molecule has 1 aliphatic rings. The zero-order valence-corrected chi connectivity index (χ0v) is 9.56. The molecule has 0 radical (unpaired) electrons. The van der Waals surface area contributed by atoms with Crippen LogP contribution in [0.15, 0.2) is 12.1 Å². The van der Waals surface area contributed by atoms with Crippen molar-refractivity contribution in [1.82, 2.24) is 0 Å². The first-order chi connectivity index (χ1) is 7.43. The summed E-state index contributed by atoms with van der Waals surface area (Å²) in [5.74, 6) is -1.02. The number of halogens is 2. The quantitative estimate of drug-likeness (QED) is 0.839. The smallest absolute Gasteiger partial charge is 0.132 e. The third-order valence-corrected chi connectivity index (χ3v) is 3.17. The second-order valence-electron chi connectivity index (χ2n) is 4.98. The molecule has 0 atom stereocenters. The highest BCUT2D eigenvalue weighted by Crippen LogP contribution is 2.39. The summed E-state index contributed by atoms with van der Waals surface area (Å²) in [4.78, 5) is 0. The molecule has 1 aromatic carbocycles. The van der Waals surface area contributed by atoms with E-state index in [1.54, 1.807) is 0 Å². The van der Waals surface area contributed by atoms with Crippen molar-refractivity contribution in [2.24, 2.45) is 0 Å². The van der Waals surface area contributed by atoms with Gasteiger partial charge < -0.3 is 5.11 Å². The Morgan fingerprint density at radius 2 is 1.94 bits per heavy atom. The van der Waals surface area contributed by atoms with E-state index >= 15 is 0 Å². The normalized spacial score (nSPS) is 17.9. The van der Waals surface area contributed by atoms with Crippen LogP contribution in [-0.4, -0.2) is 10.7 Å². The van der Waals surface area contributed by atoms with Gasteiger partial charge in [0.25, 0.3) is 0 Å². The maximum Gasteiger partial charge on any atom is 0.132 e. The number of benzene rings is 1. The number of hydrogen-bond acceptors (Lipinski definition) is 1. The van der Waals surface area contributed by atoms with Gasteiger partial charge in [-0.3, -0.25) is 0 Å². The standard InChI is InChI=1S/C13H16F2O/c1-8(2)9-3-4-11(14)10(12(9)15)7-13(16)5-6-13/h3-4,8,16H,5-7H2,1-2H3. The molecule has 1 saturated carbocycles. The molecule has 2 rings (SSSR count). The number of hydrogen-bond donors (Lipinski definition) is 1. The molecule has 88 valence electrons. The number of aliphatic hydroxyl groups is 1. The van der Waals surface area contributed by atoms with Crippen LogP contribution in [0.2, 0.25) is 0 Å². The average Bonchev–Trinajstić information content (AvgIpc) is 2.91. The highest BCUT2D eigenvalue weighted by molar-refractivity contribution is 5.31. The van der Waals surface area contributed by atoms with Gasteiger partial charge in [0, 0.05) is 12.0 Å². The second-order valence-corrected chi connectivity index (χ2v) is 4.98. The minimum absolute atomic E-state index is 0.0215. The molecule has 1 aromatic rings. The van der Waals surface area contributed by atoms with Crippen molar-refractivity contribution < 1.29 is 13.9 Å². The van der Waals surface area contributed by atoms with Gasteiger partial charge in [0.15, 0.2) is 0 Å². The first kappa shape index (κ1) is 11.5. The summed E-state index contributed by atoms with van der Waals surface area (Å²) in [5.41, 5.74) is -0.316. The maximum atomic E-state index is 14.0. The van der Waals surface area contributed by atoms with Crippen LogP contribution in [0, 0.1) is 11.6 Å². The van der Waals surface area contributed by atoms with Crippen molar-refractivity contribution in [3.8, 4) is 0 Å². The summed E-state index contributed by atoms with van der Waals surface area (Å²) < 4.78 is 27.5. The van der Waals surface area contributed by atoms with E-state index in [1.165, 1.54) is 12.1 Å². The summed E-state index contributed by atoms with van der Waals surface area (Å²) in [6.45, 7) is 3.73. The van der Waals surface area contributed by atoms with Crippen molar-refractivity contribution >= 4 is 0 Å². The Morgan fingerprint density at radius 1 is 1.31 bits per heavy atom. The van der Waals surface area contributed by atoms with Gasteiger partial charge in [-0.15, -0.1) is 0 Å². The Morgan fingerprint density at radius 3 is 2.44 bits per heavy atom. The van der Waals surface area contributed by atoms with E-state index in [9.17, 15) is 13.9 Å². The zero-order valence-electron chi connectivity index (χ0n) is 9.56. The fourth-order valence-electron chi connectivity index (χ4n) is 1.87. The van der Waals surface area contributed by atoms with E-state index in [-0.39, 0.29) is 17.9 Å². The topological polar surface area (TPSA) is 20.2 Å². The molecule has 0 unspecified atom stereocenters. The Balaban J connectivity index is 2.38. The first-order valence-corrected chi connectivity index (χ1v) is 5.62. The monoisotopic (exact) mass is 226 g/mol. The van der Waals surface area contributed by atoms with Crippen molar-refractivity contribution in [3.63, 3.8) is 0 Å². The summed E-state index contributed by atoms with van der Waals surface area (Å²) in [7, 11) is 0. The van der Waals surface area contributed by atoms with E-state index in [2.05, 4.69) is 0 Å². The van der Waals surface area contributed by atoms with Gasteiger partial charge in [0.05, 0.1) is 5.60 Å². The molecule has 0 amide bonds. The molecule has 1 nitrogen and oxygen atoms in total. The lowest BCUT2D eigenvalue weighted by Gasteiger charge is -2.14. The predicted molar refractivity (Wildman–Crippen MR) is 58.3 cm³/mol. The van der Waals surface area contributed by atoms with Crippen molar-refractivity contribution in [2.75, 3.05) is 0 Å². The van der Waals surface area contributed by atoms with Gasteiger partial charge in [-0.1, -0.05) is 19.9 Å². The molecular weight excluding hydrogens is 210 g/mol. The van der Waals surface area contributed by atoms with Crippen molar-refractivity contribution in [2.45, 2.75) is 44.6 Å². The van der Waals surface area contributed by atoms with E-state index in [1.807, 2.05) is 13.8 Å². The Bertz CT molecular complexity index is 409. The van der Waals surface area contributed by atoms with E-state index in [0.29, 0.717) is 18.4 Å². The highest BCUT2D eigenvalue weighted by Gasteiger charge is 2.41. The molecule has 0 saturated heterocycles. The minimum Gasteiger partial charge on any atom is -0.390 e. The third-order valence-electron chi connectivity index (χ3n) is 3.17. The molecule has 1 aliphatic carbocycles. The van der Waals surface area contributed by atoms with Crippen LogP contribution in [0.1, 0.15) is 43.7 Å². The predicted octanol–water partition coefficient (Wildman–Crippen LogP) is 3.16. The van der Waals surface area contributed by atoms with Gasteiger partial charge >= 0.3 is 0 Å². The van der Waals surface area contributed by atoms with Crippen LogP contribution in [0.25, 0.3) is 0 Å². The average molecular weight is 226 g/mol. The lowest BCUT2D eigenvalue weighted by Crippen LogP contribution is -2.14. The van der Waals surface area contributed by atoms with Gasteiger partial charge in [-0.2, -0.15) is 0 Å². The molecule has 3 heteroatoms. The summed E-state index contributed by atoms with van der Waals surface area (Å²) in [5, 5.41) is 9.73. The fourth-order valence-corrected chi connectivity index (χ4v) is 1.87. The Labute approximate surface area is 94.1 Å². The summed E-state index contributed by atoms with van der Waals surface area (Å²) in [6.07, 6.45) is 1.36. The molecular formula is C13H16F2O.